The van der Waals surface area contributed by atoms with Crippen molar-refractivity contribution in [3.63, 3.8) is 0 Å². The normalized spacial score (nSPS) is 24.7. The number of nitrogens with one attached hydrogen (secondary N) is 1. The van der Waals surface area contributed by atoms with Crippen LogP contribution >= 0.6 is 0 Å². The molecule has 3 nitrogen and oxygen atoms in total. The van der Waals surface area contributed by atoms with Gasteiger partial charge in [-0.15, -0.1) is 0 Å². The smallest absolute Gasteiger partial charge is 0.127 e. The van der Waals surface area contributed by atoms with Gasteiger partial charge in [-0.2, -0.15) is 0 Å². The maximum absolute atomic E-state index is 5.79. The molecule has 1 aliphatic rings. The topological polar surface area (TPSA) is 50.9 Å². The van der Waals surface area contributed by atoms with Gasteiger partial charge in [0.2, 0.25) is 0 Å². The van der Waals surface area contributed by atoms with Crippen LogP contribution in [0.4, 0.5) is 11.5 Å². The van der Waals surface area contributed by atoms with E-state index in [-0.39, 0.29) is 0 Å². The summed E-state index contributed by atoms with van der Waals surface area (Å²) in [5.74, 6) is 2.61. The number of hydrogen-bond donors (Lipinski definition) is 2. The number of aryl methyl sites for hydroxylation is 1. The molecule has 1 aromatic heterocycles. The van der Waals surface area contributed by atoms with E-state index in [1.165, 1.54) is 6.42 Å². The average molecular weight is 191 g/mol. The van der Waals surface area contributed by atoms with E-state index < -0.39 is 0 Å². The summed E-state index contributed by atoms with van der Waals surface area (Å²) >= 11 is 0. The van der Waals surface area contributed by atoms with Crippen molar-refractivity contribution in [1.29, 1.82) is 0 Å². The van der Waals surface area contributed by atoms with Crippen molar-refractivity contribution < 1.29 is 0 Å². The molecule has 1 heterocycles. The second kappa shape index (κ2) is 3.48. The molecule has 2 atom stereocenters. The van der Waals surface area contributed by atoms with E-state index in [9.17, 15) is 0 Å². The zero-order chi connectivity index (χ0) is 10.1. The van der Waals surface area contributed by atoms with Crippen molar-refractivity contribution in [3.05, 3.63) is 17.8 Å². The Bertz CT molecular complexity index is 335. The second-order valence-corrected chi connectivity index (χ2v) is 4.28. The minimum absolute atomic E-state index is 0.811. The molecule has 1 fully saturated rings. The average Bonchev–Trinajstić information content (AvgIpc) is 2.85. The van der Waals surface area contributed by atoms with Gasteiger partial charge in [-0.3, -0.25) is 0 Å². The third-order valence-corrected chi connectivity index (χ3v) is 2.97. The van der Waals surface area contributed by atoms with Gasteiger partial charge in [-0.25, -0.2) is 4.98 Å². The van der Waals surface area contributed by atoms with Gasteiger partial charge in [0.05, 0.1) is 0 Å². The van der Waals surface area contributed by atoms with Crippen LogP contribution in [0.1, 0.15) is 18.9 Å². The molecule has 1 aromatic rings. The minimum Gasteiger partial charge on any atom is -0.398 e. The standard InChI is InChI=1S/C11H17N3/c1-7-3-9(7)6-14-11-4-10(12)8(2)5-13-11/h4-5,7,9H,3,6H2,1-2H3,(H3,12,13,14). The van der Waals surface area contributed by atoms with Crippen LogP contribution in [0.3, 0.4) is 0 Å². The molecule has 2 unspecified atom stereocenters. The number of nitrogens with zero attached hydrogens (tertiary/aromatic N) is 1. The summed E-state index contributed by atoms with van der Waals surface area (Å²) in [6, 6.07) is 1.91. The first kappa shape index (κ1) is 9.31. The Kier molecular flexibility index (Phi) is 2.32. The van der Waals surface area contributed by atoms with Crippen LogP contribution in [0.25, 0.3) is 0 Å². The Morgan fingerprint density at radius 1 is 1.64 bits per heavy atom. The number of anilines is 2. The molecule has 76 valence electrons. The first-order valence-corrected chi connectivity index (χ1v) is 5.13. The van der Waals surface area contributed by atoms with E-state index in [1.54, 1.807) is 0 Å². The number of pyridine rings is 1. The first-order chi connectivity index (χ1) is 6.66. The lowest BCUT2D eigenvalue weighted by Gasteiger charge is -2.06. The highest BCUT2D eigenvalue weighted by Gasteiger charge is 2.31. The maximum atomic E-state index is 5.79. The number of nitrogens with two attached hydrogens (primary N) is 1. The molecule has 1 saturated carbocycles. The van der Waals surface area contributed by atoms with Crippen LogP contribution in [-0.2, 0) is 0 Å². The van der Waals surface area contributed by atoms with Crippen LogP contribution < -0.4 is 11.1 Å². The van der Waals surface area contributed by atoms with E-state index in [4.69, 9.17) is 5.73 Å². The lowest BCUT2D eigenvalue weighted by atomic mass is 10.2. The van der Waals surface area contributed by atoms with Gasteiger partial charge in [-0.05, 0) is 30.7 Å². The molecular formula is C11H17N3. The summed E-state index contributed by atoms with van der Waals surface area (Å²) in [4.78, 5) is 4.27. The first-order valence-electron chi connectivity index (χ1n) is 5.13. The van der Waals surface area contributed by atoms with Crippen molar-refractivity contribution in [3.8, 4) is 0 Å². The molecule has 3 N–H and O–H groups in total. The summed E-state index contributed by atoms with van der Waals surface area (Å²) in [7, 11) is 0. The van der Waals surface area contributed by atoms with Gasteiger partial charge >= 0.3 is 0 Å². The monoisotopic (exact) mass is 191 g/mol. The van der Waals surface area contributed by atoms with Gasteiger partial charge in [0, 0.05) is 24.5 Å². The highest BCUT2D eigenvalue weighted by molar-refractivity contribution is 5.53. The Hall–Kier alpha value is -1.25. The van der Waals surface area contributed by atoms with Crippen molar-refractivity contribution in [2.75, 3.05) is 17.6 Å². The van der Waals surface area contributed by atoms with Gasteiger partial charge < -0.3 is 11.1 Å². The van der Waals surface area contributed by atoms with Gasteiger partial charge in [0.25, 0.3) is 0 Å². The zero-order valence-electron chi connectivity index (χ0n) is 8.75. The lowest BCUT2D eigenvalue weighted by molar-refractivity contribution is 0.784. The summed E-state index contributed by atoms with van der Waals surface area (Å²) < 4.78 is 0. The van der Waals surface area contributed by atoms with Gasteiger partial charge in [-0.1, -0.05) is 6.92 Å². The van der Waals surface area contributed by atoms with Crippen LogP contribution in [0.2, 0.25) is 0 Å². The van der Waals surface area contributed by atoms with Gasteiger partial charge in [0.15, 0.2) is 0 Å². The third-order valence-electron chi connectivity index (χ3n) is 2.97. The molecule has 14 heavy (non-hydrogen) atoms. The van der Waals surface area contributed by atoms with E-state index in [0.717, 1.165) is 35.4 Å². The van der Waals surface area contributed by atoms with Crippen molar-refractivity contribution in [1.82, 2.24) is 4.98 Å². The number of rotatable bonds is 3. The Labute approximate surface area is 84.7 Å². The summed E-state index contributed by atoms with van der Waals surface area (Å²) in [6.45, 7) is 5.27. The largest absolute Gasteiger partial charge is 0.398 e. The number of aromatic nitrogens is 1. The highest BCUT2D eigenvalue weighted by Crippen LogP contribution is 2.37. The van der Waals surface area contributed by atoms with E-state index in [0.29, 0.717) is 0 Å². The molecular weight excluding hydrogens is 174 g/mol. The molecule has 0 aromatic carbocycles. The van der Waals surface area contributed by atoms with Crippen molar-refractivity contribution in [2.45, 2.75) is 20.3 Å². The zero-order valence-corrected chi connectivity index (χ0v) is 8.75. The number of nitrogen functional groups attached to an aromatic ring is 1. The predicted octanol–water partition coefficient (Wildman–Crippen LogP) is 2.04. The van der Waals surface area contributed by atoms with E-state index >= 15 is 0 Å². The van der Waals surface area contributed by atoms with Gasteiger partial charge in [0.1, 0.15) is 5.82 Å². The van der Waals surface area contributed by atoms with Crippen molar-refractivity contribution >= 4 is 11.5 Å². The fraction of sp³-hybridized carbons (Fsp3) is 0.545. The Balaban J connectivity index is 1.92. The van der Waals surface area contributed by atoms with E-state index in [1.807, 2.05) is 19.2 Å². The summed E-state index contributed by atoms with van der Waals surface area (Å²) in [5.41, 5.74) is 7.64. The van der Waals surface area contributed by atoms with Crippen LogP contribution in [0.5, 0.6) is 0 Å². The third kappa shape index (κ3) is 1.97. The van der Waals surface area contributed by atoms with Crippen LogP contribution in [-0.4, -0.2) is 11.5 Å². The molecule has 1 aliphatic carbocycles. The highest BCUT2D eigenvalue weighted by atomic mass is 15.0. The molecule has 3 heteroatoms. The molecule has 0 saturated heterocycles. The fourth-order valence-corrected chi connectivity index (χ4v) is 1.56. The molecule has 0 amide bonds. The van der Waals surface area contributed by atoms with Crippen molar-refractivity contribution in [2.24, 2.45) is 11.8 Å². The molecule has 2 rings (SSSR count). The molecule has 0 spiro atoms. The molecule has 0 radical (unpaired) electrons. The molecule has 0 aliphatic heterocycles. The predicted molar refractivity (Wildman–Crippen MR) is 59.1 cm³/mol. The maximum Gasteiger partial charge on any atom is 0.127 e. The second-order valence-electron chi connectivity index (χ2n) is 4.28. The van der Waals surface area contributed by atoms with Crippen LogP contribution in [0, 0.1) is 18.8 Å². The SMILES string of the molecule is Cc1cnc(NCC2CC2C)cc1N. The molecule has 0 bridgehead atoms. The quantitative estimate of drug-likeness (QED) is 0.768. The lowest BCUT2D eigenvalue weighted by Crippen LogP contribution is -2.06. The van der Waals surface area contributed by atoms with E-state index in [2.05, 4.69) is 17.2 Å². The Morgan fingerprint density at radius 2 is 2.36 bits per heavy atom. The summed E-state index contributed by atoms with van der Waals surface area (Å²) in [6.07, 6.45) is 3.16. The minimum atomic E-state index is 0.811. The number of hydrogen-bond acceptors (Lipinski definition) is 3. The van der Waals surface area contributed by atoms with Crippen LogP contribution in [0.15, 0.2) is 12.3 Å². The Morgan fingerprint density at radius 3 is 2.93 bits per heavy atom. The fourth-order valence-electron chi connectivity index (χ4n) is 1.56. The summed E-state index contributed by atoms with van der Waals surface area (Å²) in [5, 5.41) is 3.31.